The lowest BCUT2D eigenvalue weighted by atomic mass is 9.84. The molecular formula is C52H40N2. The van der Waals surface area contributed by atoms with Crippen molar-refractivity contribution in [3.8, 4) is 39.1 Å². The Morgan fingerprint density at radius 2 is 0.963 bits per heavy atom. The Balaban J connectivity index is 1.14. The van der Waals surface area contributed by atoms with Crippen molar-refractivity contribution < 1.29 is 0 Å². The first kappa shape index (κ1) is 32.0. The van der Waals surface area contributed by atoms with Crippen LogP contribution in [0.5, 0.6) is 0 Å². The van der Waals surface area contributed by atoms with Gasteiger partial charge in [0.15, 0.2) is 0 Å². The van der Waals surface area contributed by atoms with E-state index in [0.717, 1.165) is 23.5 Å². The Labute approximate surface area is 317 Å². The minimum absolute atomic E-state index is 1.13. The van der Waals surface area contributed by atoms with Crippen LogP contribution in [0.2, 0.25) is 0 Å². The van der Waals surface area contributed by atoms with Gasteiger partial charge in [0.1, 0.15) is 0 Å². The summed E-state index contributed by atoms with van der Waals surface area (Å²) in [6.07, 6.45) is 4.85. The molecular weight excluding hydrogens is 653 g/mol. The first-order valence-corrected chi connectivity index (χ1v) is 19.1. The fraction of sp³-hybridized carbons (Fsp3) is 0.0769. The van der Waals surface area contributed by atoms with E-state index < -0.39 is 0 Å². The smallest absolute Gasteiger partial charge is 0.0541 e. The Morgan fingerprint density at radius 3 is 1.72 bits per heavy atom. The summed E-state index contributed by atoms with van der Waals surface area (Å²) in [7, 11) is 0. The summed E-state index contributed by atoms with van der Waals surface area (Å²) in [4.78, 5) is 2.33. The van der Waals surface area contributed by atoms with Crippen molar-refractivity contribution in [2.75, 3.05) is 4.90 Å². The van der Waals surface area contributed by atoms with Crippen molar-refractivity contribution >= 4 is 38.9 Å². The molecule has 1 heterocycles. The molecule has 258 valence electrons. The van der Waals surface area contributed by atoms with Gasteiger partial charge >= 0.3 is 0 Å². The molecule has 9 aromatic rings. The zero-order chi connectivity index (χ0) is 35.8. The van der Waals surface area contributed by atoms with Crippen LogP contribution in [0.4, 0.5) is 17.1 Å². The molecule has 0 bridgehead atoms. The first-order valence-electron chi connectivity index (χ1n) is 19.1. The third-order valence-corrected chi connectivity index (χ3v) is 11.2. The lowest BCUT2D eigenvalue weighted by molar-refractivity contribution is 0.687. The largest absolute Gasteiger partial charge is 0.311 e. The molecule has 2 nitrogen and oxygen atoms in total. The molecule has 0 spiro atoms. The first-order chi connectivity index (χ1) is 26.8. The summed E-state index contributed by atoms with van der Waals surface area (Å²) in [6.45, 7) is 0. The standard InChI is InChI=1S/C52H40N2/c1-4-17-41(18-5-1)53(42-19-6-2-7-20-42)44-31-27-38(28-32-44)49-35-39(46-25-14-16-37-15-10-11-23-45(37)46)29-33-47(49)40-30-34-52-50(36-40)48-24-12-13-26-51(48)54(52)43-21-8-3-9-22-43/h1-9,12-14,16-22,24-36H,10-11,15,23H2. The van der Waals surface area contributed by atoms with Crippen molar-refractivity contribution in [1.29, 1.82) is 0 Å². The summed E-state index contributed by atoms with van der Waals surface area (Å²) >= 11 is 0. The molecule has 1 aromatic heterocycles. The summed E-state index contributed by atoms with van der Waals surface area (Å²) in [5, 5.41) is 2.52. The molecule has 0 amide bonds. The van der Waals surface area contributed by atoms with Gasteiger partial charge in [0, 0.05) is 33.5 Å². The molecule has 0 unspecified atom stereocenters. The van der Waals surface area contributed by atoms with Gasteiger partial charge in [0.2, 0.25) is 0 Å². The maximum atomic E-state index is 2.44. The minimum Gasteiger partial charge on any atom is -0.311 e. The van der Waals surface area contributed by atoms with Gasteiger partial charge in [-0.05, 0) is 143 Å². The van der Waals surface area contributed by atoms with E-state index in [9.17, 15) is 0 Å². The maximum absolute atomic E-state index is 2.44. The van der Waals surface area contributed by atoms with Gasteiger partial charge in [-0.15, -0.1) is 0 Å². The molecule has 1 aliphatic carbocycles. The lowest BCUT2D eigenvalue weighted by Gasteiger charge is -2.25. The van der Waals surface area contributed by atoms with E-state index in [1.54, 1.807) is 0 Å². The number of benzene rings is 8. The molecule has 54 heavy (non-hydrogen) atoms. The van der Waals surface area contributed by atoms with Crippen LogP contribution in [0.1, 0.15) is 24.0 Å². The summed E-state index contributed by atoms with van der Waals surface area (Å²) in [6, 6.07) is 71.0. The molecule has 8 aromatic carbocycles. The van der Waals surface area contributed by atoms with Crippen molar-refractivity contribution in [3.63, 3.8) is 0 Å². The van der Waals surface area contributed by atoms with Crippen LogP contribution in [0, 0.1) is 0 Å². The Morgan fingerprint density at radius 1 is 0.370 bits per heavy atom. The fourth-order valence-corrected chi connectivity index (χ4v) is 8.64. The Kier molecular flexibility index (Phi) is 8.15. The van der Waals surface area contributed by atoms with Gasteiger partial charge in [0.05, 0.1) is 11.0 Å². The number of aromatic nitrogens is 1. The molecule has 0 radical (unpaired) electrons. The van der Waals surface area contributed by atoms with Crippen molar-refractivity contribution in [3.05, 3.63) is 205 Å². The molecule has 0 atom stereocenters. The monoisotopic (exact) mass is 692 g/mol. The van der Waals surface area contributed by atoms with Gasteiger partial charge in [-0.1, -0.05) is 121 Å². The van der Waals surface area contributed by atoms with Gasteiger partial charge in [-0.3, -0.25) is 0 Å². The third kappa shape index (κ3) is 5.68. The number of para-hydroxylation sites is 4. The van der Waals surface area contributed by atoms with Gasteiger partial charge in [0.25, 0.3) is 0 Å². The zero-order valence-electron chi connectivity index (χ0n) is 30.2. The minimum atomic E-state index is 1.13. The molecule has 2 heteroatoms. The highest BCUT2D eigenvalue weighted by Gasteiger charge is 2.19. The number of anilines is 3. The maximum Gasteiger partial charge on any atom is 0.0541 e. The van der Waals surface area contributed by atoms with Crippen LogP contribution in [0.25, 0.3) is 60.9 Å². The van der Waals surface area contributed by atoms with Crippen LogP contribution in [-0.2, 0) is 12.8 Å². The highest BCUT2D eigenvalue weighted by atomic mass is 15.1. The van der Waals surface area contributed by atoms with E-state index in [2.05, 4.69) is 204 Å². The lowest BCUT2D eigenvalue weighted by Crippen LogP contribution is -2.09. The topological polar surface area (TPSA) is 8.17 Å². The van der Waals surface area contributed by atoms with E-state index in [1.807, 2.05) is 0 Å². The van der Waals surface area contributed by atoms with Crippen LogP contribution >= 0.6 is 0 Å². The van der Waals surface area contributed by atoms with E-state index in [4.69, 9.17) is 0 Å². The van der Waals surface area contributed by atoms with E-state index in [-0.39, 0.29) is 0 Å². The van der Waals surface area contributed by atoms with Crippen LogP contribution in [0.3, 0.4) is 0 Å². The van der Waals surface area contributed by atoms with Crippen molar-refractivity contribution in [2.45, 2.75) is 25.7 Å². The molecule has 1 aliphatic rings. The van der Waals surface area contributed by atoms with E-state index in [1.165, 1.54) is 91.3 Å². The number of rotatable bonds is 7. The van der Waals surface area contributed by atoms with Gasteiger partial charge in [-0.25, -0.2) is 0 Å². The molecule has 0 N–H and O–H groups in total. The van der Waals surface area contributed by atoms with Crippen LogP contribution < -0.4 is 4.90 Å². The Bertz CT molecular complexity index is 2700. The predicted octanol–water partition coefficient (Wildman–Crippen LogP) is 14.1. The Hall–Kier alpha value is -6.64. The number of nitrogens with zero attached hydrogens (tertiary/aromatic N) is 2. The third-order valence-electron chi connectivity index (χ3n) is 11.2. The average Bonchev–Trinajstić information content (AvgIpc) is 3.58. The summed E-state index contributed by atoms with van der Waals surface area (Å²) < 4.78 is 2.39. The highest BCUT2D eigenvalue weighted by molar-refractivity contribution is 6.11. The second-order valence-electron chi connectivity index (χ2n) is 14.4. The predicted molar refractivity (Wildman–Crippen MR) is 228 cm³/mol. The van der Waals surface area contributed by atoms with Crippen LogP contribution in [0.15, 0.2) is 194 Å². The number of fused-ring (bicyclic) bond motifs is 4. The van der Waals surface area contributed by atoms with E-state index >= 15 is 0 Å². The van der Waals surface area contributed by atoms with E-state index in [0.29, 0.717) is 0 Å². The van der Waals surface area contributed by atoms with Crippen molar-refractivity contribution in [1.82, 2.24) is 4.57 Å². The summed E-state index contributed by atoms with van der Waals surface area (Å²) in [5.74, 6) is 0. The second-order valence-corrected chi connectivity index (χ2v) is 14.4. The number of hydrogen-bond donors (Lipinski definition) is 0. The SMILES string of the molecule is c1ccc(N(c2ccccc2)c2ccc(-c3cc(-c4cccc5c4CCCC5)ccc3-c3ccc4c(c3)c3ccccc3n4-c3ccccc3)cc2)cc1. The van der Waals surface area contributed by atoms with Crippen molar-refractivity contribution in [2.24, 2.45) is 0 Å². The van der Waals surface area contributed by atoms with Gasteiger partial charge < -0.3 is 9.47 Å². The normalized spacial score (nSPS) is 12.5. The van der Waals surface area contributed by atoms with Gasteiger partial charge in [-0.2, -0.15) is 0 Å². The molecule has 10 rings (SSSR count). The zero-order valence-corrected chi connectivity index (χ0v) is 30.2. The molecule has 0 aliphatic heterocycles. The number of hydrogen-bond acceptors (Lipinski definition) is 1. The summed E-state index contributed by atoms with van der Waals surface area (Å²) in [5.41, 5.74) is 17.6. The molecule has 0 saturated carbocycles. The average molecular weight is 693 g/mol. The fourth-order valence-electron chi connectivity index (χ4n) is 8.64. The highest BCUT2D eigenvalue weighted by Crippen LogP contribution is 2.42. The molecule has 0 saturated heterocycles. The molecule has 0 fully saturated rings. The van der Waals surface area contributed by atoms with Crippen LogP contribution in [-0.4, -0.2) is 4.57 Å². The quantitative estimate of drug-likeness (QED) is 0.161. The number of aryl methyl sites for hydroxylation is 1. The second kappa shape index (κ2) is 13.7.